The van der Waals surface area contributed by atoms with Gasteiger partial charge in [-0.25, -0.2) is 4.79 Å². The molecule has 0 saturated carbocycles. The van der Waals surface area contributed by atoms with Crippen LogP contribution in [0.25, 0.3) is 10.6 Å². The van der Waals surface area contributed by atoms with Gasteiger partial charge < -0.3 is 10.8 Å². The summed E-state index contributed by atoms with van der Waals surface area (Å²) < 4.78 is 38.1. The number of carboxylic acid groups (broad SMARTS) is 1. The number of hydrogen-bond donors (Lipinski definition) is 2. The molecule has 8 heteroatoms. The van der Waals surface area contributed by atoms with Crippen LogP contribution >= 0.6 is 23.2 Å². The monoisotopic (exact) mass is 375 g/mol. The Hall–Kier alpha value is -2.18. The molecular formula is C16H10Cl2F3NO2. The third-order valence-corrected chi connectivity index (χ3v) is 3.91. The fraction of sp³-hybridized carbons (Fsp3) is 0.0625. The molecule has 0 heterocycles. The molecule has 0 atom stereocenters. The zero-order chi connectivity index (χ0) is 18.1. The lowest BCUT2D eigenvalue weighted by molar-refractivity contribution is -0.137. The fourth-order valence-electron chi connectivity index (χ4n) is 2.07. The molecule has 2 rings (SSSR count). The maximum Gasteiger partial charge on any atom is 0.416 e. The third kappa shape index (κ3) is 3.66. The second kappa shape index (κ2) is 6.75. The van der Waals surface area contributed by atoms with Gasteiger partial charge in [0, 0.05) is 21.8 Å². The average Bonchev–Trinajstić information content (AvgIpc) is 2.48. The Labute approximate surface area is 145 Å². The summed E-state index contributed by atoms with van der Waals surface area (Å²) in [5.74, 6) is -1.44. The standard InChI is InChI=1S/C16H10Cl2F3NO2/c17-11-4-2-1-3-9(11)14(18)13(15(23)24)10-6-5-8(7-12(10)22)16(19,20)21/h1-7H,22H2,(H,23,24). The summed E-state index contributed by atoms with van der Waals surface area (Å²) >= 11 is 12.1. The molecule has 24 heavy (non-hydrogen) atoms. The van der Waals surface area contributed by atoms with Crippen molar-refractivity contribution in [2.24, 2.45) is 0 Å². The van der Waals surface area contributed by atoms with Crippen LogP contribution in [0.3, 0.4) is 0 Å². The van der Waals surface area contributed by atoms with Crippen LogP contribution in [-0.2, 0) is 11.0 Å². The van der Waals surface area contributed by atoms with Crippen molar-refractivity contribution in [3.63, 3.8) is 0 Å². The van der Waals surface area contributed by atoms with Crippen LogP contribution in [0.1, 0.15) is 16.7 Å². The summed E-state index contributed by atoms with van der Waals surface area (Å²) in [5.41, 5.74) is 3.96. The first-order chi connectivity index (χ1) is 11.1. The van der Waals surface area contributed by atoms with Crippen molar-refractivity contribution in [2.45, 2.75) is 6.18 Å². The molecule has 0 amide bonds. The van der Waals surface area contributed by atoms with Gasteiger partial charge in [-0.1, -0.05) is 47.5 Å². The Bertz CT molecular complexity index is 832. The van der Waals surface area contributed by atoms with Crippen molar-refractivity contribution in [3.8, 4) is 0 Å². The Balaban J connectivity index is 2.67. The molecule has 0 aliphatic carbocycles. The molecule has 0 bridgehead atoms. The predicted molar refractivity (Wildman–Crippen MR) is 87.6 cm³/mol. The molecule has 0 unspecified atom stereocenters. The van der Waals surface area contributed by atoms with Crippen molar-refractivity contribution in [1.29, 1.82) is 0 Å². The second-order valence-electron chi connectivity index (χ2n) is 4.77. The number of anilines is 1. The number of carbonyl (C=O) groups is 1. The van der Waals surface area contributed by atoms with Gasteiger partial charge in [0.2, 0.25) is 0 Å². The zero-order valence-electron chi connectivity index (χ0n) is 11.9. The van der Waals surface area contributed by atoms with Gasteiger partial charge in [0.05, 0.1) is 16.2 Å². The fourth-order valence-corrected chi connectivity index (χ4v) is 2.69. The number of alkyl halides is 3. The number of carboxylic acids is 1. The van der Waals surface area contributed by atoms with E-state index in [1.54, 1.807) is 12.1 Å². The molecule has 0 aliphatic heterocycles. The number of nitrogen functional groups attached to an aromatic ring is 1. The van der Waals surface area contributed by atoms with Gasteiger partial charge in [0.25, 0.3) is 0 Å². The summed E-state index contributed by atoms with van der Waals surface area (Å²) in [6.45, 7) is 0. The van der Waals surface area contributed by atoms with Crippen LogP contribution in [0.15, 0.2) is 42.5 Å². The molecule has 0 aliphatic rings. The van der Waals surface area contributed by atoms with E-state index in [4.69, 9.17) is 28.9 Å². The SMILES string of the molecule is Nc1cc(C(F)(F)F)ccc1C(C(=O)O)=C(Cl)c1ccccc1Cl. The van der Waals surface area contributed by atoms with E-state index in [0.717, 1.165) is 12.1 Å². The van der Waals surface area contributed by atoms with Crippen LogP contribution in [-0.4, -0.2) is 11.1 Å². The van der Waals surface area contributed by atoms with E-state index < -0.39 is 23.3 Å². The smallest absolute Gasteiger partial charge is 0.416 e. The summed E-state index contributed by atoms with van der Waals surface area (Å²) in [5, 5.41) is 9.42. The van der Waals surface area contributed by atoms with Crippen LogP contribution in [0, 0.1) is 0 Å². The first kappa shape index (κ1) is 18.2. The topological polar surface area (TPSA) is 63.3 Å². The van der Waals surface area contributed by atoms with E-state index in [1.807, 2.05) is 0 Å². The maximum atomic E-state index is 12.7. The number of benzene rings is 2. The van der Waals surface area contributed by atoms with E-state index in [1.165, 1.54) is 12.1 Å². The number of aliphatic carboxylic acids is 1. The lowest BCUT2D eigenvalue weighted by Gasteiger charge is -2.13. The van der Waals surface area contributed by atoms with Crippen molar-refractivity contribution < 1.29 is 23.1 Å². The van der Waals surface area contributed by atoms with Gasteiger partial charge in [-0.15, -0.1) is 0 Å². The quantitative estimate of drug-likeness (QED) is 0.443. The normalized spacial score (nSPS) is 12.7. The average molecular weight is 376 g/mol. The van der Waals surface area contributed by atoms with Gasteiger partial charge >= 0.3 is 12.1 Å². The van der Waals surface area contributed by atoms with Crippen molar-refractivity contribution >= 4 is 45.5 Å². The van der Waals surface area contributed by atoms with Crippen LogP contribution in [0.2, 0.25) is 5.02 Å². The van der Waals surface area contributed by atoms with Gasteiger partial charge in [0.1, 0.15) is 0 Å². The van der Waals surface area contributed by atoms with Crippen LogP contribution < -0.4 is 5.73 Å². The molecule has 2 aromatic rings. The highest BCUT2D eigenvalue weighted by atomic mass is 35.5. The maximum absolute atomic E-state index is 12.7. The highest BCUT2D eigenvalue weighted by molar-refractivity contribution is 6.58. The Morgan fingerprint density at radius 1 is 1.08 bits per heavy atom. The van der Waals surface area contributed by atoms with Gasteiger partial charge in [0.15, 0.2) is 0 Å². The van der Waals surface area contributed by atoms with E-state index in [-0.39, 0.29) is 26.9 Å². The Kier molecular flexibility index (Phi) is 5.11. The molecule has 0 aromatic heterocycles. The summed E-state index contributed by atoms with van der Waals surface area (Å²) in [4.78, 5) is 11.6. The van der Waals surface area contributed by atoms with E-state index in [0.29, 0.717) is 6.07 Å². The lowest BCUT2D eigenvalue weighted by atomic mass is 9.99. The zero-order valence-corrected chi connectivity index (χ0v) is 13.4. The molecule has 2 aromatic carbocycles. The predicted octanol–water partition coefficient (Wildman–Crippen LogP) is 5.13. The van der Waals surface area contributed by atoms with Crippen LogP contribution in [0.4, 0.5) is 18.9 Å². The number of halogens is 5. The number of rotatable bonds is 3. The molecular weight excluding hydrogens is 366 g/mol. The number of hydrogen-bond acceptors (Lipinski definition) is 2. The first-order valence-electron chi connectivity index (χ1n) is 6.48. The molecule has 3 nitrogen and oxygen atoms in total. The van der Waals surface area contributed by atoms with Crippen molar-refractivity contribution in [2.75, 3.05) is 5.73 Å². The van der Waals surface area contributed by atoms with Gasteiger partial charge in [-0.05, 0) is 18.2 Å². The largest absolute Gasteiger partial charge is 0.478 e. The highest BCUT2D eigenvalue weighted by Gasteiger charge is 2.31. The molecule has 0 radical (unpaired) electrons. The molecule has 3 N–H and O–H groups in total. The van der Waals surface area contributed by atoms with E-state index in [2.05, 4.69) is 0 Å². The molecule has 0 spiro atoms. The third-order valence-electron chi connectivity index (χ3n) is 3.19. The Morgan fingerprint density at radius 3 is 2.21 bits per heavy atom. The summed E-state index contributed by atoms with van der Waals surface area (Å²) in [6.07, 6.45) is -4.59. The number of nitrogens with two attached hydrogens (primary N) is 1. The van der Waals surface area contributed by atoms with Crippen LogP contribution in [0.5, 0.6) is 0 Å². The summed E-state index contributed by atoms with van der Waals surface area (Å²) in [6, 6.07) is 8.60. The molecule has 126 valence electrons. The van der Waals surface area contributed by atoms with E-state index in [9.17, 15) is 23.1 Å². The van der Waals surface area contributed by atoms with Gasteiger partial charge in [-0.3, -0.25) is 0 Å². The first-order valence-corrected chi connectivity index (χ1v) is 7.23. The highest BCUT2D eigenvalue weighted by Crippen LogP contribution is 2.38. The minimum absolute atomic E-state index is 0.125. The molecule has 0 saturated heterocycles. The minimum Gasteiger partial charge on any atom is -0.478 e. The second-order valence-corrected chi connectivity index (χ2v) is 5.56. The Morgan fingerprint density at radius 2 is 1.71 bits per heavy atom. The minimum atomic E-state index is -4.59. The van der Waals surface area contributed by atoms with Gasteiger partial charge in [-0.2, -0.15) is 13.2 Å². The van der Waals surface area contributed by atoms with Crippen molar-refractivity contribution in [3.05, 3.63) is 64.2 Å². The molecule has 0 fully saturated rings. The summed E-state index contributed by atoms with van der Waals surface area (Å²) in [7, 11) is 0. The van der Waals surface area contributed by atoms with E-state index >= 15 is 0 Å². The van der Waals surface area contributed by atoms with Crippen molar-refractivity contribution in [1.82, 2.24) is 0 Å². The lowest BCUT2D eigenvalue weighted by Crippen LogP contribution is -2.09.